The third kappa shape index (κ3) is 3.21. The first-order valence-electron chi connectivity index (χ1n) is 4.95. The molecule has 0 bridgehead atoms. The van der Waals surface area contributed by atoms with Gasteiger partial charge in [0.25, 0.3) is 0 Å². The standard InChI is InChI=1S/C11H18O/c1-2-3-4-5-6-10-7-8-11(12)9-10/h2,10H,1,3-9H2. The number of Topliss-reactive ketones (excluding diaryl/α,β-unsaturated/α-hetero) is 1. The number of allylic oxidation sites excluding steroid dienone is 1. The van der Waals surface area contributed by atoms with E-state index in [1.54, 1.807) is 0 Å². The Balaban J connectivity index is 2.00. The molecule has 1 aliphatic carbocycles. The summed E-state index contributed by atoms with van der Waals surface area (Å²) >= 11 is 0. The van der Waals surface area contributed by atoms with Crippen molar-refractivity contribution in [3.05, 3.63) is 12.7 Å². The average Bonchev–Trinajstić information content (AvgIpc) is 2.45. The summed E-state index contributed by atoms with van der Waals surface area (Å²) in [4.78, 5) is 10.9. The highest BCUT2D eigenvalue weighted by atomic mass is 16.1. The van der Waals surface area contributed by atoms with Crippen molar-refractivity contribution in [1.29, 1.82) is 0 Å². The fourth-order valence-corrected chi connectivity index (χ4v) is 1.86. The fraction of sp³-hybridized carbons (Fsp3) is 0.727. The Hall–Kier alpha value is -0.590. The Morgan fingerprint density at radius 3 is 2.92 bits per heavy atom. The lowest BCUT2D eigenvalue weighted by Gasteiger charge is -2.05. The molecule has 0 radical (unpaired) electrons. The van der Waals surface area contributed by atoms with Gasteiger partial charge in [-0.25, -0.2) is 0 Å². The molecule has 1 heteroatoms. The van der Waals surface area contributed by atoms with Crippen molar-refractivity contribution in [2.24, 2.45) is 5.92 Å². The molecule has 1 fully saturated rings. The molecule has 1 unspecified atom stereocenters. The maximum Gasteiger partial charge on any atom is 0.133 e. The summed E-state index contributed by atoms with van der Waals surface area (Å²) in [7, 11) is 0. The monoisotopic (exact) mass is 166 g/mol. The van der Waals surface area contributed by atoms with Crippen LogP contribution in [0.25, 0.3) is 0 Å². The number of carbonyl (C=O) groups excluding carboxylic acids is 1. The van der Waals surface area contributed by atoms with Crippen LogP contribution in [0.15, 0.2) is 12.7 Å². The topological polar surface area (TPSA) is 17.1 Å². The normalized spacial score (nSPS) is 23.0. The summed E-state index contributed by atoms with van der Waals surface area (Å²) in [5.41, 5.74) is 0. The highest BCUT2D eigenvalue weighted by Gasteiger charge is 2.20. The SMILES string of the molecule is C=CCCCCC1CCC(=O)C1. The van der Waals surface area contributed by atoms with E-state index in [0.29, 0.717) is 11.7 Å². The van der Waals surface area contributed by atoms with E-state index >= 15 is 0 Å². The van der Waals surface area contributed by atoms with Crippen LogP contribution in [0.4, 0.5) is 0 Å². The van der Waals surface area contributed by atoms with Gasteiger partial charge in [-0.05, 0) is 25.2 Å². The number of hydrogen-bond acceptors (Lipinski definition) is 1. The number of unbranched alkanes of at least 4 members (excludes halogenated alkanes) is 2. The predicted octanol–water partition coefficient (Wildman–Crippen LogP) is 3.10. The van der Waals surface area contributed by atoms with Crippen molar-refractivity contribution in [1.82, 2.24) is 0 Å². The van der Waals surface area contributed by atoms with E-state index < -0.39 is 0 Å². The van der Waals surface area contributed by atoms with Crippen LogP contribution in [-0.4, -0.2) is 5.78 Å². The second-order valence-corrected chi connectivity index (χ2v) is 3.72. The van der Waals surface area contributed by atoms with Crippen LogP contribution in [0, 0.1) is 5.92 Å². The van der Waals surface area contributed by atoms with E-state index in [1.807, 2.05) is 6.08 Å². The van der Waals surface area contributed by atoms with Gasteiger partial charge in [-0.15, -0.1) is 6.58 Å². The van der Waals surface area contributed by atoms with Gasteiger partial charge < -0.3 is 0 Å². The van der Waals surface area contributed by atoms with Gasteiger partial charge in [-0.2, -0.15) is 0 Å². The molecule has 0 aromatic heterocycles. The smallest absolute Gasteiger partial charge is 0.133 e. The summed E-state index contributed by atoms with van der Waals surface area (Å²) in [6.07, 6.45) is 9.70. The molecule has 1 saturated carbocycles. The van der Waals surface area contributed by atoms with Crippen LogP contribution in [0.2, 0.25) is 0 Å². The van der Waals surface area contributed by atoms with Crippen LogP contribution in [0.3, 0.4) is 0 Å². The molecule has 0 spiro atoms. The molecule has 12 heavy (non-hydrogen) atoms. The number of hydrogen-bond donors (Lipinski definition) is 0. The Morgan fingerprint density at radius 2 is 2.33 bits per heavy atom. The van der Waals surface area contributed by atoms with E-state index in [-0.39, 0.29) is 0 Å². The van der Waals surface area contributed by atoms with E-state index in [4.69, 9.17) is 0 Å². The maximum atomic E-state index is 10.9. The Morgan fingerprint density at radius 1 is 1.50 bits per heavy atom. The lowest BCUT2D eigenvalue weighted by molar-refractivity contribution is -0.117. The second-order valence-electron chi connectivity index (χ2n) is 3.72. The molecule has 0 aromatic rings. The Kier molecular flexibility index (Phi) is 4.06. The van der Waals surface area contributed by atoms with Gasteiger partial charge in [0, 0.05) is 12.8 Å². The highest BCUT2D eigenvalue weighted by molar-refractivity contribution is 5.80. The minimum absolute atomic E-state index is 0.476. The molecule has 1 rings (SSSR count). The number of rotatable bonds is 5. The van der Waals surface area contributed by atoms with Crippen molar-refractivity contribution in [3.63, 3.8) is 0 Å². The zero-order valence-electron chi connectivity index (χ0n) is 7.72. The molecule has 0 saturated heterocycles. The first-order chi connectivity index (χ1) is 5.83. The Labute approximate surface area is 74.9 Å². The summed E-state index contributed by atoms with van der Waals surface area (Å²) in [6.45, 7) is 3.69. The van der Waals surface area contributed by atoms with Crippen LogP contribution in [0.5, 0.6) is 0 Å². The molecule has 0 amide bonds. The van der Waals surface area contributed by atoms with Gasteiger partial charge >= 0.3 is 0 Å². The summed E-state index contributed by atoms with van der Waals surface area (Å²) in [5, 5.41) is 0. The molecule has 1 aliphatic rings. The number of ketones is 1. The van der Waals surface area contributed by atoms with Crippen LogP contribution in [0.1, 0.15) is 44.9 Å². The quantitative estimate of drug-likeness (QED) is 0.453. The van der Waals surface area contributed by atoms with Gasteiger partial charge in [0.1, 0.15) is 5.78 Å². The van der Waals surface area contributed by atoms with E-state index in [9.17, 15) is 4.79 Å². The first kappa shape index (κ1) is 9.50. The molecule has 1 atom stereocenters. The zero-order valence-corrected chi connectivity index (χ0v) is 7.72. The van der Waals surface area contributed by atoms with Crippen LogP contribution < -0.4 is 0 Å². The van der Waals surface area contributed by atoms with Gasteiger partial charge in [-0.1, -0.05) is 18.9 Å². The molecular weight excluding hydrogens is 148 g/mol. The molecule has 0 aliphatic heterocycles. The third-order valence-electron chi connectivity index (χ3n) is 2.62. The number of carbonyl (C=O) groups is 1. The van der Waals surface area contributed by atoms with Crippen molar-refractivity contribution < 1.29 is 4.79 Å². The second kappa shape index (κ2) is 5.13. The van der Waals surface area contributed by atoms with E-state index in [0.717, 1.165) is 25.7 Å². The lowest BCUT2D eigenvalue weighted by atomic mass is 10.00. The predicted molar refractivity (Wildman–Crippen MR) is 51.0 cm³/mol. The minimum atomic E-state index is 0.476. The Bertz CT molecular complexity index is 160. The van der Waals surface area contributed by atoms with Gasteiger partial charge in [0.15, 0.2) is 0 Å². The molecule has 0 heterocycles. The third-order valence-corrected chi connectivity index (χ3v) is 2.62. The van der Waals surface area contributed by atoms with Crippen molar-refractivity contribution in [2.75, 3.05) is 0 Å². The molecular formula is C11H18O. The lowest BCUT2D eigenvalue weighted by Crippen LogP contribution is -1.94. The molecule has 0 N–H and O–H groups in total. The summed E-state index contributed by atoms with van der Waals surface area (Å²) in [6, 6.07) is 0. The van der Waals surface area contributed by atoms with E-state index in [2.05, 4.69) is 6.58 Å². The first-order valence-corrected chi connectivity index (χ1v) is 4.95. The molecule has 68 valence electrons. The molecule has 1 nitrogen and oxygen atoms in total. The highest BCUT2D eigenvalue weighted by Crippen LogP contribution is 2.26. The summed E-state index contributed by atoms with van der Waals surface area (Å²) < 4.78 is 0. The molecule has 0 aromatic carbocycles. The van der Waals surface area contributed by atoms with E-state index in [1.165, 1.54) is 19.3 Å². The summed E-state index contributed by atoms with van der Waals surface area (Å²) in [5.74, 6) is 1.19. The van der Waals surface area contributed by atoms with Crippen molar-refractivity contribution >= 4 is 5.78 Å². The van der Waals surface area contributed by atoms with Crippen LogP contribution >= 0.6 is 0 Å². The largest absolute Gasteiger partial charge is 0.300 e. The average molecular weight is 166 g/mol. The van der Waals surface area contributed by atoms with Crippen molar-refractivity contribution in [2.45, 2.75) is 44.9 Å². The van der Waals surface area contributed by atoms with Gasteiger partial charge in [0.2, 0.25) is 0 Å². The van der Waals surface area contributed by atoms with Crippen LogP contribution in [-0.2, 0) is 4.79 Å². The maximum absolute atomic E-state index is 10.9. The van der Waals surface area contributed by atoms with Gasteiger partial charge in [0.05, 0.1) is 0 Å². The van der Waals surface area contributed by atoms with Crippen molar-refractivity contribution in [3.8, 4) is 0 Å². The fourth-order valence-electron chi connectivity index (χ4n) is 1.86. The minimum Gasteiger partial charge on any atom is -0.300 e. The van der Waals surface area contributed by atoms with Gasteiger partial charge in [-0.3, -0.25) is 4.79 Å². The zero-order chi connectivity index (χ0) is 8.81.